The van der Waals surface area contributed by atoms with E-state index in [1.165, 1.54) is 51.4 Å². The average Bonchev–Trinajstić information content (AvgIpc) is 3.25. The molecule has 0 aliphatic rings. The first-order valence-electron chi connectivity index (χ1n) is 12.2. The van der Waals surface area contributed by atoms with Gasteiger partial charge in [-0.2, -0.15) is 0 Å². The van der Waals surface area contributed by atoms with Gasteiger partial charge in [0.2, 0.25) is 5.91 Å². The number of benzene rings is 2. The van der Waals surface area contributed by atoms with E-state index in [-0.39, 0.29) is 5.91 Å². The zero-order valence-corrected chi connectivity index (χ0v) is 19.3. The molecule has 0 bridgehead atoms. The molecule has 3 aromatic rings. The smallest absolute Gasteiger partial charge is 0.225 e. The second kappa shape index (κ2) is 13.5. The third kappa shape index (κ3) is 7.63. The van der Waals surface area contributed by atoms with Crippen LogP contribution < -0.4 is 5.32 Å². The van der Waals surface area contributed by atoms with Crippen LogP contribution >= 0.6 is 0 Å². The highest BCUT2D eigenvalue weighted by Gasteiger charge is 2.16. The van der Waals surface area contributed by atoms with Gasteiger partial charge in [-0.15, -0.1) is 15.0 Å². The Balaban J connectivity index is 1.49. The van der Waals surface area contributed by atoms with Crippen LogP contribution in [0.15, 0.2) is 60.7 Å². The van der Waals surface area contributed by atoms with Gasteiger partial charge in [-0.05, 0) is 18.6 Å². The average molecular weight is 433 g/mol. The second-order valence-corrected chi connectivity index (χ2v) is 8.37. The van der Waals surface area contributed by atoms with E-state index in [0.29, 0.717) is 17.9 Å². The SMILES string of the molecule is CCCCCCCCCCCCC(=O)Nc1nn(-c2ccccc2)nc1-c1ccccc1. The van der Waals surface area contributed by atoms with Gasteiger partial charge < -0.3 is 5.32 Å². The maximum atomic E-state index is 12.6. The fraction of sp³-hybridized carbons (Fsp3) is 0.444. The Labute approximate surface area is 192 Å². The molecule has 0 atom stereocenters. The molecule has 2 aromatic carbocycles. The lowest BCUT2D eigenvalue weighted by Crippen LogP contribution is -2.12. The van der Waals surface area contributed by atoms with E-state index in [9.17, 15) is 4.79 Å². The van der Waals surface area contributed by atoms with E-state index >= 15 is 0 Å². The third-order valence-corrected chi connectivity index (χ3v) is 5.66. The summed E-state index contributed by atoms with van der Waals surface area (Å²) in [6.45, 7) is 2.25. The molecule has 1 amide bonds. The Kier molecular flexibility index (Phi) is 9.97. The summed E-state index contributed by atoms with van der Waals surface area (Å²) in [4.78, 5) is 14.2. The van der Waals surface area contributed by atoms with Crippen LogP contribution in [0, 0.1) is 0 Å². The van der Waals surface area contributed by atoms with Crippen molar-refractivity contribution in [2.75, 3.05) is 5.32 Å². The largest absolute Gasteiger partial charge is 0.307 e. The highest BCUT2D eigenvalue weighted by atomic mass is 16.1. The van der Waals surface area contributed by atoms with Gasteiger partial charge >= 0.3 is 0 Å². The minimum atomic E-state index is 0.00172. The van der Waals surface area contributed by atoms with Crippen molar-refractivity contribution in [2.24, 2.45) is 0 Å². The van der Waals surface area contributed by atoms with Crippen molar-refractivity contribution < 1.29 is 4.79 Å². The molecular formula is C27H36N4O. The summed E-state index contributed by atoms with van der Waals surface area (Å²) in [5.41, 5.74) is 2.48. The van der Waals surface area contributed by atoms with Gasteiger partial charge in [-0.25, -0.2) is 0 Å². The number of nitrogens with zero attached hydrogens (tertiary/aromatic N) is 3. The third-order valence-electron chi connectivity index (χ3n) is 5.66. The van der Waals surface area contributed by atoms with Crippen LogP contribution in [-0.4, -0.2) is 20.9 Å². The standard InChI is InChI=1S/C27H36N4O/c1-2-3-4-5-6-7-8-9-10-17-22-25(32)28-27-26(23-18-13-11-14-19-23)29-31(30-27)24-20-15-12-16-21-24/h11-16,18-21H,2-10,17,22H2,1H3,(H,28,30,32). The summed E-state index contributed by atoms with van der Waals surface area (Å²) >= 11 is 0. The Morgan fingerprint density at radius 2 is 1.31 bits per heavy atom. The molecule has 0 unspecified atom stereocenters. The zero-order valence-electron chi connectivity index (χ0n) is 19.3. The highest BCUT2D eigenvalue weighted by Crippen LogP contribution is 2.25. The lowest BCUT2D eigenvalue weighted by molar-refractivity contribution is -0.116. The first kappa shape index (κ1) is 23.7. The van der Waals surface area contributed by atoms with E-state index in [4.69, 9.17) is 0 Å². The normalized spacial score (nSPS) is 10.9. The number of carbonyl (C=O) groups excluding carboxylic acids is 1. The minimum Gasteiger partial charge on any atom is -0.307 e. The summed E-state index contributed by atoms with van der Waals surface area (Å²) < 4.78 is 0. The Bertz CT molecular complexity index is 921. The summed E-state index contributed by atoms with van der Waals surface area (Å²) in [5, 5.41) is 12.2. The van der Waals surface area contributed by atoms with Gasteiger partial charge in [-0.1, -0.05) is 113 Å². The molecule has 1 heterocycles. The number of amides is 1. The van der Waals surface area contributed by atoms with Gasteiger partial charge in [0, 0.05) is 12.0 Å². The van der Waals surface area contributed by atoms with E-state index in [1.54, 1.807) is 4.80 Å². The van der Waals surface area contributed by atoms with Crippen LogP contribution in [0.1, 0.15) is 77.6 Å². The quantitative estimate of drug-likeness (QED) is 0.274. The molecule has 0 spiro atoms. The van der Waals surface area contributed by atoms with Crippen LogP contribution in [0.4, 0.5) is 5.82 Å². The Morgan fingerprint density at radius 3 is 1.94 bits per heavy atom. The number of hydrogen-bond acceptors (Lipinski definition) is 3. The van der Waals surface area contributed by atoms with Crippen molar-refractivity contribution in [3.05, 3.63) is 60.7 Å². The summed E-state index contributed by atoms with van der Waals surface area (Å²) in [6.07, 6.45) is 13.1. The molecule has 1 aromatic heterocycles. The summed E-state index contributed by atoms with van der Waals surface area (Å²) in [7, 11) is 0. The number of para-hydroxylation sites is 1. The van der Waals surface area contributed by atoms with Crippen molar-refractivity contribution in [3.8, 4) is 16.9 Å². The molecule has 0 aliphatic heterocycles. The number of hydrogen-bond donors (Lipinski definition) is 1. The second-order valence-electron chi connectivity index (χ2n) is 8.37. The van der Waals surface area contributed by atoms with Crippen LogP contribution in [-0.2, 0) is 4.79 Å². The van der Waals surface area contributed by atoms with E-state index in [1.807, 2.05) is 60.7 Å². The molecule has 1 N–H and O–H groups in total. The fourth-order valence-corrected chi connectivity index (χ4v) is 3.83. The van der Waals surface area contributed by atoms with Crippen LogP contribution in [0.2, 0.25) is 0 Å². The summed E-state index contributed by atoms with van der Waals surface area (Å²) in [5.74, 6) is 0.513. The van der Waals surface area contributed by atoms with Crippen LogP contribution in [0.5, 0.6) is 0 Å². The molecule has 170 valence electrons. The Morgan fingerprint density at radius 1 is 0.750 bits per heavy atom. The van der Waals surface area contributed by atoms with Crippen molar-refractivity contribution >= 4 is 11.7 Å². The molecule has 3 rings (SSSR count). The lowest BCUT2D eigenvalue weighted by atomic mass is 10.1. The number of carbonyl (C=O) groups is 1. The van der Waals surface area contributed by atoms with Crippen LogP contribution in [0.3, 0.4) is 0 Å². The van der Waals surface area contributed by atoms with Crippen molar-refractivity contribution in [1.29, 1.82) is 0 Å². The highest BCUT2D eigenvalue weighted by molar-refractivity contribution is 5.93. The maximum absolute atomic E-state index is 12.6. The van der Waals surface area contributed by atoms with Crippen LogP contribution in [0.25, 0.3) is 16.9 Å². The number of anilines is 1. The van der Waals surface area contributed by atoms with Gasteiger partial charge in [0.1, 0.15) is 5.69 Å². The van der Waals surface area contributed by atoms with Gasteiger partial charge in [0.05, 0.1) is 5.69 Å². The van der Waals surface area contributed by atoms with E-state index < -0.39 is 0 Å². The molecule has 32 heavy (non-hydrogen) atoms. The maximum Gasteiger partial charge on any atom is 0.225 e. The minimum absolute atomic E-state index is 0.00172. The van der Waals surface area contributed by atoms with Gasteiger partial charge in [-0.3, -0.25) is 4.79 Å². The Hall–Kier alpha value is -2.95. The first-order valence-corrected chi connectivity index (χ1v) is 12.2. The van der Waals surface area contributed by atoms with Crippen molar-refractivity contribution in [2.45, 2.75) is 77.6 Å². The van der Waals surface area contributed by atoms with Crippen molar-refractivity contribution in [1.82, 2.24) is 15.0 Å². The molecule has 0 fully saturated rings. The topological polar surface area (TPSA) is 59.8 Å². The molecule has 5 heteroatoms. The molecule has 0 radical (unpaired) electrons. The van der Waals surface area contributed by atoms with E-state index in [2.05, 4.69) is 22.4 Å². The predicted octanol–water partition coefficient (Wildman–Crippen LogP) is 7.18. The summed E-state index contributed by atoms with van der Waals surface area (Å²) in [6, 6.07) is 19.6. The molecule has 0 saturated heterocycles. The fourth-order valence-electron chi connectivity index (χ4n) is 3.83. The zero-order chi connectivity index (χ0) is 22.4. The predicted molar refractivity (Wildman–Crippen MR) is 132 cm³/mol. The number of unbranched alkanes of at least 4 members (excludes halogenated alkanes) is 9. The van der Waals surface area contributed by atoms with Gasteiger partial charge in [0.15, 0.2) is 5.82 Å². The number of aromatic nitrogens is 3. The molecule has 0 saturated carbocycles. The van der Waals surface area contributed by atoms with E-state index in [0.717, 1.165) is 24.1 Å². The monoisotopic (exact) mass is 432 g/mol. The number of rotatable bonds is 14. The number of nitrogens with one attached hydrogen (secondary N) is 1. The molecule has 0 aliphatic carbocycles. The van der Waals surface area contributed by atoms with Crippen molar-refractivity contribution in [3.63, 3.8) is 0 Å². The first-order chi connectivity index (χ1) is 15.8. The lowest BCUT2D eigenvalue weighted by Gasteiger charge is -2.05. The van der Waals surface area contributed by atoms with Gasteiger partial charge in [0.25, 0.3) is 0 Å². The molecule has 5 nitrogen and oxygen atoms in total. The molecular weight excluding hydrogens is 396 g/mol.